The number of nitrogens with one attached hydrogen (secondary N) is 1. The molecule has 12 heteroatoms. The van der Waals surface area contributed by atoms with Gasteiger partial charge in [-0.25, -0.2) is 22.8 Å². The average Bonchev–Trinajstić information content (AvgIpc) is 3.17. The van der Waals surface area contributed by atoms with Crippen molar-refractivity contribution in [3.05, 3.63) is 51.4 Å². The van der Waals surface area contributed by atoms with Gasteiger partial charge in [0.25, 0.3) is 5.56 Å². The summed E-state index contributed by atoms with van der Waals surface area (Å²) in [7, 11) is -0.491. The molecule has 1 atom stereocenters. The first kappa shape index (κ1) is 22.9. The normalized spacial score (nSPS) is 17.4. The summed E-state index contributed by atoms with van der Waals surface area (Å²) >= 11 is 0. The molecule has 1 fully saturated rings. The smallest absolute Gasteiger partial charge is 0.328 e. The number of fused-ring (bicyclic) bond motifs is 1. The number of imidazole rings is 1. The minimum absolute atomic E-state index is 0.154. The molecule has 33 heavy (non-hydrogen) atoms. The molecule has 1 N–H and O–H groups in total. The van der Waals surface area contributed by atoms with Crippen molar-refractivity contribution < 1.29 is 13.2 Å². The molecule has 1 amide bonds. The van der Waals surface area contributed by atoms with Crippen LogP contribution in [0.25, 0.3) is 11.2 Å². The van der Waals surface area contributed by atoms with Gasteiger partial charge < -0.3 is 9.88 Å². The SMILES string of the molecule is CC1CCCN(S(=O)(=O)c2ccc(NC(=O)Cn3c(=O)c4c(ncn4C)n(C)c3=O)cc2)C1. The highest BCUT2D eigenvalue weighted by molar-refractivity contribution is 7.89. The van der Waals surface area contributed by atoms with Crippen LogP contribution in [-0.4, -0.2) is 50.4 Å². The number of amides is 1. The molecule has 0 spiro atoms. The van der Waals surface area contributed by atoms with E-state index in [4.69, 9.17) is 0 Å². The van der Waals surface area contributed by atoms with E-state index in [2.05, 4.69) is 10.3 Å². The summed E-state index contributed by atoms with van der Waals surface area (Å²) < 4.78 is 30.8. The van der Waals surface area contributed by atoms with Gasteiger partial charge in [-0.1, -0.05) is 6.92 Å². The molecule has 4 rings (SSSR count). The molecule has 0 aliphatic carbocycles. The fraction of sp³-hybridized carbons (Fsp3) is 0.429. The lowest BCUT2D eigenvalue weighted by atomic mass is 10.0. The molecule has 1 unspecified atom stereocenters. The van der Waals surface area contributed by atoms with E-state index in [1.54, 1.807) is 7.05 Å². The molecular weight excluding hydrogens is 448 g/mol. The summed E-state index contributed by atoms with van der Waals surface area (Å²) in [6.07, 6.45) is 3.27. The van der Waals surface area contributed by atoms with Crippen molar-refractivity contribution in [1.29, 1.82) is 0 Å². The van der Waals surface area contributed by atoms with E-state index >= 15 is 0 Å². The minimum atomic E-state index is -3.60. The number of carbonyl (C=O) groups is 1. The maximum atomic E-state index is 12.9. The fourth-order valence-corrected chi connectivity index (χ4v) is 5.70. The van der Waals surface area contributed by atoms with Crippen LogP contribution < -0.4 is 16.6 Å². The largest absolute Gasteiger partial charge is 0.332 e. The Morgan fingerprint density at radius 1 is 1.18 bits per heavy atom. The van der Waals surface area contributed by atoms with Gasteiger partial charge in [0.1, 0.15) is 6.54 Å². The highest BCUT2D eigenvalue weighted by Crippen LogP contribution is 2.24. The van der Waals surface area contributed by atoms with Gasteiger partial charge in [0, 0.05) is 32.9 Å². The number of benzene rings is 1. The molecule has 1 aliphatic heterocycles. The Labute approximate surface area is 190 Å². The summed E-state index contributed by atoms with van der Waals surface area (Å²) in [6.45, 7) is 2.53. The van der Waals surface area contributed by atoms with Crippen molar-refractivity contribution in [3.63, 3.8) is 0 Å². The third kappa shape index (κ3) is 4.23. The third-order valence-electron chi connectivity index (χ3n) is 5.90. The number of piperidine rings is 1. The van der Waals surface area contributed by atoms with Gasteiger partial charge in [0.15, 0.2) is 11.2 Å². The van der Waals surface area contributed by atoms with Gasteiger partial charge in [-0.15, -0.1) is 0 Å². The van der Waals surface area contributed by atoms with Crippen molar-refractivity contribution in [2.24, 2.45) is 20.0 Å². The molecule has 1 aliphatic rings. The standard InChI is InChI=1S/C21H26N6O5S/c1-14-5-4-10-26(11-14)33(31,32)16-8-6-15(7-9-16)23-17(28)12-27-20(29)18-19(22-13-24(18)2)25(3)21(27)30/h6-9,13-14H,4-5,10-12H2,1-3H3,(H,23,28). The molecule has 1 aromatic carbocycles. The number of aryl methyl sites for hydroxylation is 2. The number of sulfonamides is 1. The number of hydrogen-bond donors (Lipinski definition) is 1. The van der Waals surface area contributed by atoms with Crippen molar-refractivity contribution in [2.75, 3.05) is 18.4 Å². The second-order valence-corrected chi connectivity index (χ2v) is 10.4. The first-order valence-corrected chi connectivity index (χ1v) is 12.0. The Balaban J connectivity index is 1.52. The van der Waals surface area contributed by atoms with Crippen LogP contribution in [0.2, 0.25) is 0 Å². The van der Waals surface area contributed by atoms with E-state index in [-0.39, 0.29) is 16.1 Å². The van der Waals surface area contributed by atoms with E-state index in [0.717, 1.165) is 17.4 Å². The number of carbonyl (C=O) groups excluding carboxylic acids is 1. The number of aromatic nitrogens is 4. The Morgan fingerprint density at radius 2 is 1.88 bits per heavy atom. The van der Waals surface area contributed by atoms with Crippen LogP contribution in [-0.2, 0) is 35.5 Å². The highest BCUT2D eigenvalue weighted by Gasteiger charge is 2.28. The second kappa shape index (κ2) is 8.60. The number of anilines is 1. The molecule has 11 nitrogen and oxygen atoms in total. The van der Waals surface area contributed by atoms with Crippen molar-refractivity contribution in [3.8, 4) is 0 Å². The second-order valence-electron chi connectivity index (χ2n) is 8.44. The molecule has 1 saturated heterocycles. The van der Waals surface area contributed by atoms with Gasteiger partial charge in [-0.3, -0.25) is 14.2 Å². The lowest BCUT2D eigenvalue weighted by Gasteiger charge is -2.30. The molecule has 0 bridgehead atoms. The van der Waals surface area contributed by atoms with Crippen LogP contribution in [0.4, 0.5) is 5.69 Å². The average molecular weight is 475 g/mol. The summed E-state index contributed by atoms with van der Waals surface area (Å²) in [4.78, 5) is 42.1. The van der Waals surface area contributed by atoms with E-state index in [9.17, 15) is 22.8 Å². The van der Waals surface area contributed by atoms with Gasteiger partial charge in [0.2, 0.25) is 15.9 Å². The van der Waals surface area contributed by atoms with Gasteiger partial charge in [-0.05, 0) is 43.0 Å². The predicted molar refractivity (Wildman–Crippen MR) is 122 cm³/mol. The van der Waals surface area contributed by atoms with Crippen LogP contribution in [0.1, 0.15) is 19.8 Å². The monoisotopic (exact) mass is 474 g/mol. The Morgan fingerprint density at radius 3 is 2.55 bits per heavy atom. The quantitative estimate of drug-likeness (QED) is 0.573. The molecule has 3 aromatic rings. The molecule has 3 heterocycles. The van der Waals surface area contributed by atoms with E-state index in [0.29, 0.717) is 24.7 Å². The zero-order valence-electron chi connectivity index (χ0n) is 18.7. The topological polar surface area (TPSA) is 128 Å². The predicted octanol–water partition coefficient (Wildman–Crippen LogP) is 0.493. The molecule has 0 saturated carbocycles. The van der Waals surface area contributed by atoms with Crippen LogP contribution in [0.3, 0.4) is 0 Å². The van der Waals surface area contributed by atoms with E-state index < -0.39 is 33.7 Å². The maximum absolute atomic E-state index is 12.9. The van der Waals surface area contributed by atoms with Crippen LogP contribution in [0.15, 0.2) is 45.1 Å². The first-order chi connectivity index (χ1) is 15.6. The van der Waals surface area contributed by atoms with Crippen LogP contribution >= 0.6 is 0 Å². The summed E-state index contributed by atoms with van der Waals surface area (Å²) in [6, 6.07) is 5.86. The number of hydrogen-bond acceptors (Lipinski definition) is 6. The summed E-state index contributed by atoms with van der Waals surface area (Å²) in [5.74, 6) is -0.273. The molecule has 2 aromatic heterocycles. The third-order valence-corrected chi connectivity index (χ3v) is 7.78. The zero-order valence-corrected chi connectivity index (χ0v) is 19.5. The van der Waals surface area contributed by atoms with Crippen LogP contribution in [0, 0.1) is 5.92 Å². The minimum Gasteiger partial charge on any atom is -0.328 e. The fourth-order valence-electron chi connectivity index (χ4n) is 4.10. The highest BCUT2D eigenvalue weighted by atomic mass is 32.2. The molecule has 176 valence electrons. The number of nitrogens with zero attached hydrogens (tertiary/aromatic N) is 5. The maximum Gasteiger partial charge on any atom is 0.332 e. The van der Waals surface area contributed by atoms with Crippen molar-refractivity contribution in [2.45, 2.75) is 31.2 Å². The lowest BCUT2D eigenvalue weighted by molar-refractivity contribution is -0.116. The lowest BCUT2D eigenvalue weighted by Crippen LogP contribution is -2.42. The first-order valence-electron chi connectivity index (χ1n) is 10.6. The molecular formula is C21H26N6O5S. The Kier molecular flexibility index (Phi) is 5.97. The summed E-state index contributed by atoms with van der Waals surface area (Å²) in [5, 5.41) is 2.61. The van der Waals surface area contributed by atoms with Gasteiger partial charge in [0.05, 0.1) is 11.2 Å². The van der Waals surface area contributed by atoms with Gasteiger partial charge in [-0.2, -0.15) is 4.31 Å². The van der Waals surface area contributed by atoms with E-state index in [1.165, 1.54) is 51.1 Å². The van der Waals surface area contributed by atoms with Crippen molar-refractivity contribution in [1.82, 2.24) is 23.0 Å². The van der Waals surface area contributed by atoms with Crippen molar-refractivity contribution >= 4 is 32.8 Å². The van der Waals surface area contributed by atoms with Crippen LogP contribution in [0.5, 0.6) is 0 Å². The zero-order chi connectivity index (χ0) is 23.9. The summed E-state index contributed by atoms with van der Waals surface area (Å²) in [5.41, 5.74) is -0.452. The molecule has 0 radical (unpaired) electrons. The van der Waals surface area contributed by atoms with Gasteiger partial charge >= 0.3 is 5.69 Å². The Hall–Kier alpha value is -3.25. The Bertz CT molecular complexity index is 1430. The number of rotatable bonds is 5. The van der Waals surface area contributed by atoms with E-state index in [1.807, 2.05) is 6.92 Å².